The van der Waals surface area contributed by atoms with Crippen LogP contribution >= 0.6 is 0 Å². The van der Waals surface area contributed by atoms with Gasteiger partial charge in [-0.25, -0.2) is 0 Å². The fourth-order valence-electron chi connectivity index (χ4n) is 6.37. The number of aliphatic hydroxyl groups excluding tert-OH is 4. The molecule has 2 heterocycles. The number of aliphatic hydroxyl groups is 5. The van der Waals surface area contributed by atoms with Gasteiger partial charge < -0.3 is 83.9 Å². The largest absolute Gasteiger partial charge is 0.492 e. The lowest BCUT2D eigenvalue weighted by atomic mass is 9.72. The first-order valence-electron chi connectivity index (χ1n) is 15.7. The number of nitrogens with two attached hydrogens (primary N) is 4. The van der Waals surface area contributed by atoms with Crippen LogP contribution in [0.3, 0.4) is 0 Å². The summed E-state index contributed by atoms with van der Waals surface area (Å²) in [4.78, 5) is 13.0. The molecule has 0 spiro atoms. The molecule has 46 heavy (non-hydrogen) atoms. The Morgan fingerprint density at radius 2 is 1.93 bits per heavy atom. The van der Waals surface area contributed by atoms with Gasteiger partial charge in [-0.2, -0.15) is 0 Å². The van der Waals surface area contributed by atoms with Crippen molar-refractivity contribution in [2.45, 2.75) is 105 Å². The Labute approximate surface area is 269 Å². The van der Waals surface area contributed by atoms with Crippen LogP contribution < -0.4 is 44.2 Å². The number of ether oxygens (including phenoxy) is 3. The summed E-state index contributed by atoms with van der Waals surface area (Å²) in [6, 6.07) is -3.06. The molecule has 3 aliphatic rings. The molecule has 18 heteroatoms. The summed E-state index contributed by atoms with van der Waals surface area (Å²) in [7, 11) is 1.57. The Hall–Kier alpha value is -2.20. The van der Waals surface area contributed by atoms with Crippen LogP contribution in [-0.4, -0.2) is 150 Å². The van der Waals surface area contributed by atoms with E-state index in [1.165, 1.54) is 6.92 Å². The van der Waals surface area contributed by atoms with Crippen LogP contribution in [0, 0.1) is 11.3 Å². The molecule has 1 amide bonds. The number of nitrogens with one attached hydrogen (secondary N) is 5. The van der Waals surface area contributed by atoms with Crippen LogP contribution in [0.2, 0.25) is 0 Å². The molecule has 2 unspecified atom stereocenters. The summed E-state index contributed by atoms with van der Waals surface area (Å²) < 4.78 is 18.1. The zero-order valence-corrected chi connectivity index (χ0v) is 26.5. The minimum atomic E-state index is -1.47. The van der Waals surface area contributed by atoms with Crippen molar-refractivity contribution < 1.29 is 44.5 Å². The minimum Gasteiger partial charge on any atom is -0.492 e. The molecule has 18 nitrogen and oxygen atoms in total. The molecule has 2 aliphatic heterocycles. The standard InChI is InChI=1S/C28H55N9O9/c1-28(43)12-44-26(21(41)24(28)34-2)46-23-17(37-25(42)18(39)6-8-36-27(32)33)9-16(31)19(20(23)40)22-15(30)4-3-14(45-22)11-35-10-13(38)5-7-29/h3,13,15-24,26,34-35,38-41,43H,4-12,29-31H2,1-2H3,(H,37,42)(H4,32,33,36)/t13?,15-,16+,17-,18+,19?,20+,21-,22+,23+,24-,26-,28+/m1/s1. The summed E-state index contributed by atoms with van der Waals surface area (Å²) >= 11 is 0. The van der Waals surface area contributed by atoms with E-state index in [2.05, 4.69) is 21.3 Å². The number of hydrogen-bond acceptors (Lipinski definition) is 15. The summed E-state index contributed by atoms with van der Waals surface area (Å²) in [5.41, 5.74) is 22.4. The molecule has 1 saturated carbocycles. The summed E-state index contributed by atoms with van der Waals surface area (Å²) in [5, 5.41) is 72.5. The lowest BCUT2D eigenvalue weighted by Crippen LogP contribution is -2.69. The molecule has 1 saturated heterocycles. The Balaban J connectivity index is 1.80. The highest BCUT2D eigenvalue weighted by Gasteiger charge is 2.53. The van der Waals surface area contributed by atoms with Crippen molar-refractivity contribution >= 4 is 11.9 Å². The molecule has 0 radical (unpaired) electrons. The zero-order chi connectivity index (χ0) is 34.2. The fourth-order valence-corrected chi connectivity index (χ4v) is 6.37. The Morgan fingerprint density at radius 1 is 1.22 bits per heavy atom. The van der Waals surface area contributed by atoms with Gasteiger partial charge in [-0.3, -0.25) is 10.2 Å². The predicted molar refractivity (Wildman–Crippen MR) is 167 cm³/mol. The highest BCUT2D eigenvalue weighted by atomic mass is 16.7. The van der Waals surface area contributed by atoms with E-state index in [0.29, 0.717) is 38.2 Å². The van der Waals surface area contributed by atoms with Crippen LogP contribution in [0.4, 0.5) is 0 Å². The van der Waals surface area contributed by atoms with Crippen LogP contribution in [0.5, 0.6) is 0 Å². The van der Waals surface area contributed by atoms with E-state index >= 15 is 0 Å². The van der Waals surface area contributed by atoms with Crippen molar-refractivity contribution in [2.24, 2.45) is 28.9 Å². The smallest absolute Gasteiger partial charge is 0.249 e. The second kappa shape index (κ2) is 17.3. The quantitative estimate of drug-likeness (QED) is 0.0574. The first-order chi connectivity index (χ1) is 21.7. The number of carbonyl (C=O) groups excluding carboxylic acids is 1. The van der Waals surface area contributed by atoms with Gasteiger partial charge in [-0.15, -0.1) is 0 Å². The van der Waals surface area contributed by atoms with Crippen molar-refractivity contribution in [1.29, 1.82) is 5.41 Å². The number of guanidine groups is 1. The van der Waals surface area contributed by atoms with E-state index < -0.39 is 84.5 Å². The summed E-state index contributed by atoms with van der Waals surface area (Å²) in [6.45, 7) is 2.34. The van der Waals surface area contributed by atoms with Crippen LogP contribution in [0.15, 0.2) is 11.8 Å². The molecule has 0 aromatic heterocycles. The van der Waals surface area contributed by atoms with Crippen LogP contribution in [0.25, 0.3) is 0 Å². The van der Waals surface area contributed by atoms with E-state index in [0.717, 1.165) is 0 Å². The normalized spacial score (nSPS) is 37.8. The van der Waals surface area contributed by atoms with Crippen LogP contribution in [-0.2, 0) is 19.0 Å². The van der Waals surface area contributed by atoms with Gasteiger partial charge in [-0.05, 0) is 52.3 Å². The molecule has 18 N–H and O–H groups in total. The number of likely N-dealkylation sites (N-methyl/N-ethyl adjacent to an activating group) is 1. The lowest BCUT2D eigenvalue weighted by Gasteiger charge is -2.50. The molecular weight excluding hydrogens is 606 g/mol. The first-order valence-corrected chi connectivity index (χ1v) is 15.7. The maximum Gasteiger partial charge on any atom is 0.249 e. The molecule has 2 fully saturated rings. The molecule has 0 aromatic rings. The SMILES string of the molecule is CN[C@@H]1[C@@H](O)[C@@H](O[C@H]2[C@H](NC(=O)[C@@H](O)CCNC(=N)N)C[C@H](N)C([C@H]3OC(CNCC(O)CCN)=CC[C@H]3N)[C@@H]2O)OC[C@]1(C)O. The topological polar surface area (TPSA) is 322 Å². The van der Waals surface area contributed by atoms with Gasteiger partial charge in [0.25, 0.3) is 0 Å². The molecular formula is C28H55N9O9. The van der Waals surface area contributed by atoms with Gasteiger partial charge in [0.05, 0.1) is 37.4 Å². The highest BCUT2D eigenvalue weighted by molar-refractivity contribution is 5.81. The highest BCUT2D eigenvalue weighted by Crippen LogP contribution is 2.36. The van der Waals surface area contributed by atoms with E-state index in [4.69, 9.17) is 42.6 Å². The number of carbonyl (C=O) groups is 1. The van der Waals surface area contributed by atoms with Gasteiger partial charge in [0, 0.05) is 31.1 Å². The third-order valence-corrected chi connectivity index (χ3v) is 8.83. The number of amides is 1. The van der Waals surface area contributed by atoms with Gasteiger partial charge in [-0.1, -0.05) is 0 Å². The monoisotopic (exact) mass is 661 g/mol. The average Bonchev–Trinajstić information content (AvgIpc) is 2.97. The van der Waals surface area contributed by atoms with Crippen molar-refractivity contribution in [3.8, 4) is 0 Å². The average molecular weight is 662 g/mol. The fraction of sp³-hybridized carbons (Fsp3) is 0.857. The maximum atomic E-state index is 13.0. The van der Waals surface area contributed by atoms with E-state index in [1.807, 2.05) is 6.08 Å². The minimum absolute atomic E-state index is 0.0541. The van der Waals surface area contributed by atoms with Gasteiger partial charge in [0.15, 0.2) is 12.2 Å². The predicted octanol–water partition coefficient (Wildman–Crippen LogP) is -5.85. The third kappa shape index (κ3) is 9.91. The van der Waals surface area contributed by atoms with E-state index in [9.17, 15) is 30.3 Å². The maximum absolute atomic E-state index is 13.0. The molecule has 3 rings (SSSR count). The second-order valence-electron chi connectivity index (χ2n) is 12.6. The van der Waals surface area contributed by atoms with Gasteiger partial charge in [0.1, 0.15) is 35.8 Å². The molecule has 13 atom stereocenters. The lowest BCUT2D eigenvalue weighted by molar-refractivity contribution is -0.297. The molecule has 0 bridgehead atoms. The van der Waals surface area contributed by atoms with Crippen molar-refractivity contribution in [1.82, 2.24) is 21.3 Å². The first kappa shape index (κ1) is 38.2. The van der Waals surface area contributed by atoms with Gasteiger partial charge >= 0.3 is 0 Å². The summed E-state index contributed by atoms with van der Waals surface area (Å²) in [6.07, 6.45) is -5.36. The van der Waals surface area contributed by atoms with Crippen LogP contribution in [0.1, 0.15) is 32.6 Å². The molecule has 0 aromatic carbocycles. The Bertz CT molecular complexity index is 1020. The van der Waals surface area contributed by atoms with E-state index in [1.54, 1.807) is 7.05 Å². The molecule has 266 valence electrons. The Morgan fingerprint density at radius 3 is 2.59 bits per heavy atom. The second-order valence-corrected chi connectivity index (χ2v) is 12.6. The molecule has 1 aliphatic carbocycles. The third-order valence-electron chi connectivity index (χ3n) is 8.83. The zero-order valence-electron chi connectivity index (χ0n) is 26.5. The summed E-state index contributed by atoms with van der Waals surface area (Å²) in [5.74, 6) is -1.29. The number of rotatable bonds is 15. The number of hydrogen-bond donors (Lipinski definition) is 14. The van der Waals surface area contributed by atoms with Crippen molar-refractivity contribution in [3.63, 3.8) is 0 Å². The Kier molecular flexibility index (Phi) is 14.4. The van der Waals surface area contributed by atoms with Crippen molar-refractivity contribution in [2.75, 3.05) is 39.8 Å². The van der Waals surface area contributed by atoms with E-state index in [-0.39, 0.29) is 32.0 Å². The van der Waals surface area contributed by atoms with Gasteiger partial charge in [0.2, 0.25) is 5.91 Å². The van der Waals surface area contributed by atoms with Crippen molar-refractivity contribution in [3.05, 3.63) is 11.8 Å².